The highest BCUT2D eigenvalue weighted by Gasteiger charge is 2.40. The van der Waals surface area contributed by atoms with E-state index in [2.05, 4.69) is 0 Å². The molecule has 1 amide bonds. The Labute approximate surface area is 129 Å². The van der Waals surface area contributed by atoms with E-state index < -0.39 is 0 Å². The van der Waals surface area contributed by atoms with Gasteiger partial charge in [-0.25, -0.2) is 0 Å². The quantitative estimate of drug-likeness (QED) is 0.913. The summed E-state index contributed by atoms with van der Waals surface area (Å²) >= 11 is 0. The zero-order valence-corrected chi connectivity index (χ0v) is 12.4. The Morgan fingerprint density at radius 2 is 1.86 bits per heavy atom. The first kappa shape index (κ1) is 14.6. The lowest BCUT2D eigenvalue weighted by Crippen LogP contribution is -2.21. The number of hydrogen-bond acceptors (Lipinski definition) is 3. The van der Waals surface area contributed by atoms with Crippen LogP contribution in [0.5, 0.6) is 5.75 Å². The number of nitrogens with zero attached hydrogens (tertiary/aromatic N) is 1. The third-order valence-electron chi connectivity index (χ3n) is 4.28. The minimum absolute atomic E-state index is 0.0448. The molecule has 2 atom stereocenters. The predicted octanol–water partition coefficient (Wildman–Crippen LogP) is 2.22. The van der Waals surface area contributed by atoms with Crippen molar-refractivity contribution in [2.45, 2.75) is 18.4 Å². The van der Waals surface area contributed by atoms with Gasteiger partial charge < -0.3 is 15.1 Å². The molecule has 114 valence electrons. The first-order chi connectivity index (χ1) is 10.6. The van der Waals surface area contributed by atoms with E-state index in [-0.39, 0.29) is 30.1 Å². The number of aliphatic hydroxyl groups is 1. The van der Waals surface area contributed by atoms with E-state index in [1.54, 1.807) is 24.1 Å². The fourth-order valence-electron chi connectivity index (χ4n) is 3.24. The van der Waals surface area contributed by atoms with Crippen molar-refractivity contribution in [2.24, 2.45) is 0 Å². The lowest BCUT2D eigenvalue weighted by molar-refractivity contribution is -0.127. The van der Waals surface area contributed by atoms with E-state index in [0.717, 1.165) is 11.1 Å². The molecule has 2 aromatic rings. The highest BCUT2D eigenvalue weighted by atomic mass is 16.3. The average Bonchev–Trinajstić information content (AvgIpc) is 2.83. The van der Waals surface area contributed by atoms with Gasteiger partial charge in [0, 0.05) is 19.5 Å². The molecule has 3 rings (SSSR count). The molecule has 1 heterocycles. The van der Waals surface area contributed by atoms with Crippen LogP contribution in [0.4, 0.5) is 0 Å². The van der Waals surface area contributed by atoms with Gasteiger partial charge in [0.25, 0.3) is 0 Å². The lowest BCUT2D eigenvalue weighted by Gasteiger charge is -2.18. The summed E-state index contributed by atoms with van der Waals surface area (Å²) in [6.45, 7) is 0.492. The summed E-state index contributed by atoms with van der Waals surface area (Å²) in [4.78, 5) is 14.3. The van der Waals surface area contributed by atoms with Crippen molar-refractivity contribution in [1.29, 1.82) is 0 Å². The number of rotatable bonds is 3. The highest BCUT2D eigenvalue weighted by molar-refractivity contribution is 5.87. The maximum atomic E-state index is 12.6. The largest absolute Gasteiger partial charge is 0.508 e. The second-order valence-electron chi connectivity index (χ2n) is 5.80. The van der Waals surface area contributed by atoms with Gasteiger partial charge >= 0.3 is 0 Å². The molecule has 22 heavy (non-hydrogen) atoms. The maximum Gasteiger partial charge on any atom is 0.230 e. The molecule has 1 aliphatic rings. The summed E-state index contributed by atoms with van der Waals surface area (Å²) < 4.78 is 0. The van der Waals surface area contributed by atoms with Gasteiger partial charge in [0.2, 0.25) is 5.91 Å². The molecule has 4 heteroatoms. The van der Waals surface area contributed by atoms with Crippen LogP contribution in [-0.2, 0) is 11.4 Å². The number of benzene rings is 2. The fourth-order valence-corrected chi connectivity index (χ4v) is 3.24. The van der Waals surface area contributed by atoms with Gasteiger partial charge in [-0.15, -0.1) is 0 Å². The number of aromatic hydroxyl groups is 1. The number of hydrogen-bond donors (Lipinski definition) is 2. The predicted molar refractivity (Wildman–Crippen MR) is 83.6 cm³/mol. The summed E-state index contributed by atoms with van der Waals surface area (Å²) in [7, 11) is 1.80. The number of phenols is 1. The molecule has 1 saturated heterocycles. The van der Waals surface area contributed by atoms with Gasteiger partial charge in [-0.1, -0.05) is 36.4 Å². The standard InChI is InChI=1S/C18H19NO3/c1-19-10-16(13-5-3-2-4-6-13)17(18(19)22)14-7-12(11-20)8-15(21)9-14/h2-9,16-17,20-21H,10-11H2,1H3/t16-,17+/m1/s1. The Morgan fingerprint density at radius 3 is 2.55 bits per heavy atom. The zero-order valence-electron chi connectivity index (χ0n) is 12.4. The molecule has 0 aliphatic carbocycles. The van der Waals surface area contributed by atoms with Gasteiger partial charge in [0.1, 0.15) is 5.75 Å². The molecule has 0 radical (unpaired) electrons. The molecule has 0 bridgehead atoms. The van der Waals surface area contributed by atoms with Crippen molar-refractivity contribution >= 4 is 5.91 Å². The number of carbonyl (C=O) groups is 1. The molecular formula is C18H19NO3. The Hall–Kier alpha value is -2.33. The second-order valence-corrected chi connectivity index (χ2v) is 5.80. The van der Waals surface area contributed by atoms with Gasteiger partial charge in [0.15, 0.2) is 0 Å². The van der Waals surface area contributed by atoms with Crippen LogP contribution in [0.3, 0.4) is 0 Å². The van der Waals surface area contributed by atoms with E-state index in [1.807, 2.05) is 30.3 Å². The van der Waals surface area contributed by atoms with Crippen LogP contribution < -0.4 is 0 Å². The summed E-state index contributed by atoms with van der Waals surface area (Å²) in [6.07, 6.45) is 0. The van der Waals surface area contributed by atoms with Gasteiger partial charge in [-0.3, -0.25) is 4.79 Å². The van der Waals surface area contributed by atoms with Crippen molar-refractivity contribution in [1.82, 2.24) is 4.90 Å². The van der Waals surface area contributed by atoms with E-state index in [0.29, 0.717) is 12.1 Å². The second kappa shape index (κ2) is 5.81. The lowest BCUT2D eigenvalue weighted by atomic mass is 9.83. The van der Waals surface area contributed by atoms with Crippen molar-refractivity contribution in [2.75, 3.05) is 13.6 Å². The first-order valence-electron chi connectivity index (χ1n) is 7.33. The van der Waals surface area contributed by atoms with Crippen LogP contribution in [0, 0.1) is 0 Å². The molecule has 1 aliphatic heterocycles. The van der Waals surface area contributed by atoms with Crippen LogP contribution in [0.15, 0.2) is 48.5 Å². The third kappa shape index (κ3) is 2.57. The van der Waals surface area contributed by atoms with Crippen molar-refractivity contribution in [3.05, 3.63) is 65.2 Å². The molecule has 0 aromatic heterocycles. The van der Waals surface area contributed by atoms with Crippen molar-refractivity contribution in [3.63, 3.8) is 0 Å². The van der Waals surface area contributed by atoms with E-state index in [4.69, 9.17) is 0 Å². The Morgan fingerprint density at radius 1 is 1.14 bits per heavy atom. The summed E-state index contributed by atoms with van der Waals surface area (Å²) in [5, 5.41) is 19.2. The smallest absolute Gasteiger partial charge is 0.230 e. The number of phenolic OH excluding ortho intramolecular Hbond substituents is 1. The van der Waals surface area contributed by atoms with E-state index in [9.17, 15) is 15.0 Å². The summed E-state index contributed by atoms with van der Waals surface area (Å²) in [6, 6.07) is 14.9. The van der Waals surface area contributed by atoms with Crippen LogP contribution in [0.2, 0.25) is 0 Å². The van der Waals surface area contributed by atoms with E-state index >= 15 is 0 Å². The Bertz CT molecular complexity index is 684. The molecular weight excluding hydrogens is 278 g/mol. The van der Waals surface area contributed by atoms with Gasteiger partial charge in [0.05, 0.1) is 12.5 Å². The Kier molecular flexibility index (Phi) is 3.86. The SMILES string of the molecule is CN1C[C@H](c2ccccc2)[C@H](c2cc(O)cc(CO)c2)C1=O. The number of carbonyl (C=O) groups excluding carboxylic acids is 1. The number of amides is 1. The number of aliphatic hydroxyl groups excluding tert-OH is 1. The van der Waals surface area contributed by atoms with Crippen LogP contribution in [0.1, 0.15) is 28.5 Å². The topological polar surface area (TPSA) is 60.8 Å². The Balaban J connectivity index is 2.05. The molecule has 1 fully saturated rings. The van der Waals surface area contributed by atoms with Crippen LogP contribution in [-0.4, -0.2) is 34.6 Å². The fraction of sp³-hybridized carbons (Fsp3) is 0.278. The third-order valence-corrected chi connectivity index (χ3v) is 4.28. The summed E-state index contributed by atoms with van der Waals surface area (Å²) in [5.74, 6) is -0.157. The minimum Gasteiger partial charge on any atom is -0.508 e. The average molecular weight is 297 g/mol. The van der Waals surface area contributed by atoms with E-state index in [1.165, 1.54) is 6.07 Å². The number of likely N-dealkylation sites (N-methyl/N-ethyl adjacent to an activating group) is 1. The number of likely N-dealkylation sites (tertiary alicyclic amines) is 1. The molecule has 4 nitrogen and oxygen atoms in total. The van der Waals surface area contributed by atoms with Gasteiger partial charge in [-0.2, -0.15) is 0 Å². The molecule has 0 spiro atoms. The summed E-state index contributed by atoms with van der Waals surface area (Å²) in [5.41, 5.74) is 2.48. The maximum absolute atomic E-state index is 12.6. The zero-order chi connectivity index (χ0) is 15.7. The first-order valence-corrected chi connectivity index (χ1v) is 7.33. The molecule has 2 aromatic carbocycles. The van der Waals surface area contributed by atoms with Crippen molar-refractivity contribution in [3.8, 4) is 5.75 Å². The monoisotopic (exact) mass is 297 g/mol. The normalized spacial score (nSPS) is 21.4. The van der Waals surface area contributed by atoms with Crippen molar-refractivity contribution < 1.29 is 15.0 Å². The molecule has 0 saturated carbocycles. The minimum atomic E-state index is -0.329. The highest BCUT2D eigenvalue weighted by Crippen LogP contribution is 2.41. The van der Waals surface area contributed by atoms with Crippen LogP contribution >= 0.6 is 0 Å². The van der Waals surface area contributed by atoms with Crippen LogP contribution in [0.25, 0.3) is 0 Å². The molecule has 0 unspecified atom stereocenters. The molecule has 2 N–H and O–H groups in total. The van der Waals surface area contributed by atoms with Gasteiger partial charge in [-0.05, 0) is 28.8 Å².